The van der Waals surface area contributed by atoms with Gasteiger partial charge >= 0.3 is 0 Å². The number of carbonyl (C=O) groups excluding carboxylic acids is 2. The van der Waals surface area contributed by atoms with Crippen molar-refractivity contribution in [2.24, 2.45) is 11.8 Å². The number of nitrogens with one attached hydrogen (secondary N) is 3. The first-order chi connectivity index (χ1) is 16.3. The van der Waals surface area contributed by atoms with E-state index in [0.717, 1.165) is 22.9 Å². The maximum absolute atomic E-state index is 12.8. The first kappa shape index (κ1) is 27.5. The lowest BCUT2D eigenvalue weighted by Gasteiger charge is -2.18. The Morgan fingerprint density at radius 3 is 2.38 bits per heavy atom. The van der Waals surface area contributed by atoms with Crippen LogP contribution >= 0.6 is 11.6 Å². The molecule has 0 heterocycles. The van der Waals surface area contributed by atoms with E-state index in [9.17, 15) is 9.59 Å². The molecule has 0 saturated carbocycles. The van der Waals surface area contributed by atoms with E-state index < -0.39 is 0 Å². The summed E-state index contributed by atoms with van der Waals surface area (Å²) in [6.07, 6.45) is 4.98. The second kappa shape index (κ2) is 13.9. The van der Waals surface area contributed by atoms with Crippen molar-refractivity contribution < 1.29 is 9.59 Å². The van der Waals surface area contributed by atoms with Gasteiger partial charge in [0.05, 0.1) is 5.88 Å². The largest absolute Gasteiger partial charge is 0.378 e. The Balaban J connectivity index is 1.94. The number of hydrogen-bond donors (Lipinski definition) is 3. The molecular formula is C27H37ClN4O2. The van der Waals surface area contributed by atoms with E-state index in [1.165, 1.54) is 6.21 Å². The van der Waals surface area contributed by atoms with Crippen LogP contribution in [0.5, 0.6) is 0 Å². The zero-order valence-corrected chi connectivity index (χ0v) is 21.3. The van der Waals surface area contributed by atoms with Gasteiger partial charge < -0.3 is 21.0 Å². The Bertz CT molecular complexity index is 1010. The van der Waals surface area contributed by atoms with Gasteiger partial charge in [0.25, 0.3) is 0 Å². The maximum Gasteiger partial charge on any atom is 0.223 e. The van der Waals surface area contributed by atoms with E-state index in [1.807, 2.05) is 51.4 Å². The minimum absolute atomic E-state index is 0.0103. The number of alkyl halides is 1. The fourth-order valence-electron chi connectivity index (χ4n) is 4.10. The first-order valence-electron chi connectivity index (χ1n) is 12.0. The van der Waals surface area contributed by atoms with Crippen molar-refractivity contribution in [2.75, 3.05) is 31.4 Å². The standard InChI is InChI=1S/C27H37ClN4O2/c1-4-31-27(34)19(7-5-9-23(18-29)25(30)17-28)8-6-10-26(33)22-12-11-21-16-24(32(2)3)14-13-20(21)15-22/h11-16,18-19,23,29-30H,4-10,17H2,1-3H3,(H,31,34)/t19-,23?/m1/s1. The molecule has 34 heavy (non-hydrogen) atoms. The minimum Gasteiger partial charge on any atom is -0.378 e. The average molecular weight is 485 g/mol. The van der Waals surface area contributed by atoms with Crippen molar-refractivity contribution in [1.82, 2.24) is 5.32 Å². The fourth-order valence-corrected chi connectivity index (χ4v) is 4.30. The van der Waals surface area contributed by atoms with Crippen LogP contribution < -0.4 is 10.2 Å². The molecule has 2 aromatic carbocycles. The molecular weight excluding hydrogens is 448 g/mol. The van der Waals surface area contributed by atoms with Gasteiger partial charge in [0.2, 0.25) is 5.91 Å². The lowest BCUT2D eigenvalue weighted by Crippen LogP contribution is -2.30. The molecule has 7 heteroatoms. The van der Waals surface area contributed by atoms with Crippen molar-refractivity contribution in [3.8, 4) is 0 Å². The van der Waals surface area contributed by atoms with E-state index in [1.54, 1.807) is 0 Å². The quantitative estimate of drug-likeness (QED) is 0.172. The smallest absolute Gasteiger partial charge is 0.223 e. The molecule has 1 unspecified atom stereocenters. The SMILES string of the molecule is CCNC(=O)[C@@H](CCCC(=O)c1ccc2cc(N(C)C)ccc2c1)CCCC(C=N)C(=N)CCl. The van der Waals surface area contributed by atoms with Gasteiger partial charge in [-0.05, 0) is 61.6 Å². The molecule has 0 bridgehead atoms. The molecule has 0 fully saturated rings. The molecule has 0 aliphatic heterocycles. The Morgan fingerprint density at radius 1 is 1.06 bits per heavy atom. The number of nitrogens with zero attached hydrogens (tertiary/aromatic N) is 1. The average Bonchev–Trinajstić information content (AvgIpc) is 2.84. The van der Waals surface area contributed by atoms with Crippen molar-refractivity contribution >= 4 is 51.7 Å². The number of hydrogen-bond acceptors (Lipinski definition) is 5. The van der Waals surface area contributed by atoms with Gasteiger partial charge in [0.1, 0.15) is 0 Å². The van der Waals surface area contributed by atoms with E-state index in [4.69, 9.17) is 22.4 Å². The second-order valence-electron chi connectivity index (χ2n) is 8.91. The third kappa shape index (κ3) is 7.94. The predicted octanol–water partition coefficient (Wildman–Crippen LogP) is 5.71. The summed E-state index contributed by atoms with van der Waals surface area (Å²) >= 11 is 5.73. The molecule has 0 aromatic heterocycles. The third-order valence-electron chi connectivity index (χ3n) is 6.20. The second-order valence-corrected chi connectivity index (χ2v) is 9.18. The Labute approximate surface area is 208 Å². The lowest BCUT2D eigenvalue weighted by molar-refractivity contribution is -0.125. The van der Waals surface area contributed by atoms with Crippen LogP contribution in [0.2, 0.25) is 0 Å². The number of Topliss-reactive ketones (excluding diaryl/α,β-unsaturated/α-hetero) is 1. The number of ketones is 1. The summed E-state index contributed by atoms with van der Waals surface area (Å²) in [5, 5.41) is 20.4. The van der Waals surface area contributed by atoms with Gasteiger partial charge in [-0.25, -0.2) is 0 Å². The number of amides is 1. The highest BCUT2D eigenvalue weighted by Gasteiger charge is 2.20. The topological polar surface area (TPSA) is 97.1 Å². The molecule has 6 nitrogen and oxygen atoms in total. The van der Waals surface area contributed by atoms with Gasteiger partial charge in [-0.1, -0.05) is 24.6 Å². The lowest BCUT2D eigenvalue weighted by atomic mass is 9.90. The molecule has 0 radical (unpaired) electrons. The van der Waals surface area contributed by atoms with E-state index in [0.29, 0.717) is 49.9 Å². The molecule has 184 valence electrons. The summed E-state index contributed by atoms with van der Waals surface area (Å²) in [4.78, 5) is 27.4. The zero-order chi connectivity index (χ0) is 25.1. The Morgan fingerprint density at radius 2 is 1.74 bits per heavy atom. The van der Waals surface area contributed by atoms with E-state index in [2.05, 4.69) is 16.3 Å². The number of halogens is 1. The molecule has 1 amide bonds. The first-order valence-corrected chi connectivity index (χ1v) is 12.5. The van der Waals surface area contributed by atoms with Gasteiger partial charge in [-0.3, -0.25) is 9.59 Å². The molecule has 0 spiro atoms. The van der Waals surface area contributed by atoms with Crippen molar-refractivity contribution in [1.29, 1.82) is 10.8 Å². The molecule has 2 aromatic rings. The predicted molar refractivity (Wildman–Crippen MR) is 143 cm³/mol. The number of fused-ring (bicyclic) bond motifs is 1. The van der Waals surface area contributed by atoms with Crippen molar-refractivity contribution in [3.63, 3.8) is 0 Å². The molecule has 3 N–H and O–H groups in total. The van der Waals surface area contributed by atoms with Gasteiger partial charge in [0, 0.05) is 62.1 Å². The molecule has 0 saturated heterocycles. The minimum atomic E-state index is -0.268. The molecule has 0 aliphatic rings. The highest BCUT2D eigenvalue weighted by atomic mass is 35.5. The van der Waals surface area contributed by atoms with Crippen LogP contribution in [0.25, 0.3) is 10.8 Å². The van der Waals surface area contributed by atoms with Crippen LogP contribution in [-0.2, 0) is 4.79 Å². The summed E-state index contributed by atoms with van der Waals surface area (Å²) in [6, 6.07) is 12.0. The van der Waals surface area contributed by atoms with Crippen LogP contribution in [0.3, 0.4) is 0 Å². The van der Waals surface area contributed by atoms with Gasteiger partial charge in [-0.2, -0.15) is 0 Å². The normalized spacial score (nSPS) is 12.7. The fraction of sp³-hybridized carbons (Fsp3) is 0.481. The van der Waals surface area contributed by atoms with E-state index in [-0.39, 0.29) is 29.4 Å². The summed E-state index contributed by atoms with van der Waals surface area (Å²) in [7, 11) is 4.01. The third-order valence-corrected chi connectivity index (χ3v) is 6.49. The summed E-state index contributed by atoms with van der Waals surface area (Å²) in [6.45, 7) is 2.47. The summed E-state index contributed by atoms with van der Waals surface area (Å²) < 4.78 is 0. The van der Waals surface area contributed by atoms with Gasteiger partial charge in [-0.15, -0.1) is 11.6 Å². The highest BCUT2D eigenvalue weighted by Crippen LogP contribution is 2.24. The summed E-state index contributed by atoms with van der Waals surface area (Å²) in [5.74, 6) is -0.224. The van der Waals surface area contributed by atoms with Crippen molar-refractivity contribution in [2.45, 2.75) is 45.4 Å². The molecule has 2 atom stereocenters. The number of anilines is 1. The van der Waals surface area contributed by atoms with Crippen LogP contribution in [0.1, 0.15) is 55.8 Å². The van der Waals surface area contributed by atoms with Crippen molar-refractivity contribution in [3.05, 3.63) is 42.0 Å². The van der Waals surface area contributed by atoms with Crippen LogP contribution in [0.4, 0.5) is 5.69 Å². The zero-order valence-electron chi connectivity index (χ0n) is 20.5. The Kier molecular flexibility index (Phi) is 11.2. The van der Waals surface area contributed by atoms with Crippen LogP contribution in [0, 0.1) is 22.7 Å². The number of rotatable bonds is 15. The summed E-state index contributed by atoms with van der Waals surface area (Å²) in [5.41, 5.74) is 2.16. The number of benzene rings is 2. The number of carbonyl (C=O) groups is 2. The molecule has 0 aliphatic carbocycles. The monoisotopic (exact) mass is 484 g/mol. The Hall–Kier alpha value is -2.73. The maximum atomic E-state index is 12.8. The van der Waals surface area contributed by atoms with Crippen LogP contribution in [0.15, 0.2) is 36.4 Å². The molecule has 2 rings (SSSR count). The highest BCUT2D eigenvalue weighted by molar-refractivity contribution is 6.29. The van der Waals surface area contributed by atoms with Gasteiger partial charge in [0.15, 0.2) is 5.78 Å². The van der Waals surface area contributed by atoms with E-state index >= 15 is 0 Å². The van der Waals surface area contributed by atoms with Crippen LogP contribution in [-0.4, -0.2) is 50.1 Å².